The molecule has 92 valence electrons. The van der Waals surface area contributed by atoms with Gasteiger partial charge in [-0.3, -0.25) is 4.79 Å². The van der Waals surface area contributed by atoms with E-state index < -0.39 is 17.5 Å². The van der Waals surface area contributed by atoms with Gasteiger partial charge >= 0.3 is 0 Å². The van der Waals surface area contributed by atoms with Crippen LogP contribution in [0.1, 0.15) is 21.7 Å². The Bertz CT molecular complexity index is 586. The van der Waals surface area contributed by atoms with Crippen molar-refractivity contribution in [3.8, 4) is 0 Å². The van der Waals surface area contributed by atoms with Crippen LogP contribution >= 0.6 is 0 Å². The molecule has 6 heteroatoms. The number of hydrogen-bond donors (Lipinski definition) is 2. The summed E-state index contributed by atoms with van der Waals surface area (Å²) in [4.78, 5) is 18.1. The van der Waals surface area contributed by atoms with E-state index in [1.807, 2.05) is 30.3 Å². The highest BCUT2D eigenvalue weighted by molar-refractivity contribution is 5.91. The molecule has 18 heavy (non-hydrogen) atoms. The minimum Gasteiger partial charge on any atom is -0.382 e. The lowest BCUT2D eigenvalue weighted by Crippen LogP contribution is -2.19. The predicted octanol–water partition coefficient (Wildman–Crippen LogP) is 0.888. The standard InChI is InChI=1S/C12H11FN4O/c13-10-9(12(15)18)17-11(14)8(16-10)6-7-4-2-1-3-5-7/h1-5H,6H2,(H2,14,17)(H2,15,18). The smallest absolute Gasteiger partial charge is 0.272 e. The van der Waals surface area contributed by atoms with Crippen molar-refractivity contribution in [3.05, 3.63) is 53.2 Å². The van der Waals surface area contributed by atoms with Gasteiger partial charge in [0.05, 0.1) is 5.69 Å². The first-order valence-electron chi connectivity index (χ1n) is 5.23. The third-order valence-electron chi connectivity index (χ3n) is 2.40. The highest BCUT2D eigenvalue weighted by Crippen LogP contribution is 2.14. The Morgan fingerprint density at radius 2 is 1.89 bits per heavy atom. The second-order valence-electron chi connectivity index (χ2n) is 3.72. The minimum absolute atomic E-state index is 0.00838. The molecule has 1 aromatic carbocycles. The summed E-state index contributed by atoms with van der Waals surface area (Å²) in [7, 11) is 0. The number of hydrogen-bond acceptors (Lipinski definition) is 4. The van der Waals surface area contributed by atoms with E-state index in [0.717, 1.165) is 5.56 Å². The third kappa shape index (κ3) is 2.42. The van der Waals surface area contributed by atoms with E-state index >= 15 is 0 Å². The van der Waals surface area contributed by atoms with Gasteiger partial charge in [-0.25, -0.2) is 9.97 Å². The van der Waals surface area contributed by atoms with E-state index in [9.17, 15) is 9.18 Å². The van der Waals surface area contributed by atoms with Gasteiger partial charge in [-0.05, 0) is 5.56 Å². The van der Waals surface area contributed by atoms with Gasteiger partial charge in [0.15, 0.2) is 5.69 Å². The second kappa shape index (κ2) is 4.79. The van der Waals surface area contributed by atoms with Crippen molar-refractivity contribution in [2.75, 3.05) is 5.73 Å². The van der Waals surface area contributed by atoms with Crippen LogP contribution in [-0.2, 0) is 6.42 Å². The van der Waals surface area contributed by atoms with Crippen LogP contribution in [0.25, 0.3) is 0 Å². The first kappa shape index (κ1) is 12.0. The average molecular weight is 246 g/mol. The van der Waals surface area contributed by atoms with Crippen LogP contribution in [0.2, 0.25) is 0 Å². The van der Waals surface area contributed by atoms with Crippen LogP contribution in [0.15, 0.2) is 30.3 Å². The molecule has 0 aliphatic carbocycles. The quantitative estimate of drug-likeness (QED) is 0.840. The summed E-state index contributed by atoms with van der Waals surface area (Å²) in [5, 5.41) is 0. The molecule has 1 amide bonds. The minimum atomic E-state index is -0.998. The molecule has 5 nitrogen and oxygen atoms in total. The number of anilines is 1. The molecule has 0 aliphatic rings. The van der Waals surface area contributed by atoms with E-state index in [0.29, 0.717) is 6.42 Å². The van der Waals surface area contributed by atoms with Crippen LogP contribution in [0, 0.1) is 5.95 Å². The van der Waals surface area contributed by atoms with Crippen molar-refractivity contribution in [1.29, 1.82) is 0 Å². The number of nitrogens with two attached hydrogens (primary N) is 2. The molecule has 0 unspecified atom stereocenters. The summed E-state index contributed by atoms with van der Waals surface area (Å²) in [5.74, 6) is -1.98. The van der Waals surface area contributed by atoms with Gasteiger partial charge in [0.1, 0.15) is 5.82 Å². The van der Waals surface area contributed by atoms with E-state index in [-0.39, 0.29) is 11.5 Å². The molecular weight excluding hydrogens is 235 g/mol. The molecule has 4 N–H and O–H groups in total. The Morgan fingerprint density at radius 1 is 1.22 bits per heavy atom. The molecule has 0 fully saturated rings. The van der Waals surface area contributed by atoms with Gasteiger partial charge in [0, 0.05) is 6.42 Å². The third-order valence-corrected chi connectivity index (χ3v) is 2.40. The van der Waals surface area contributed by atoms with Gasteiger partial charge in [0.2, 0.25) is 5.95 Å². The van der Waals surface area contributed by atoms with Crippen LogP contribution in [-0.4, -0.2) is 15.9 Å². The highest BCUT2D eigenvalue weighted by Gasteiger charge is 2.15. The topological polar surface area (TPSA) is 94.9 Å². The van der Waals surface area contributed by atoms with E-state index in [1.54, 1.807) is 0 Å². The van der Waals surface area contributed by atoms with Crippen molar-refractivity contribution >= 4 is 11.7 Å². The summed E-state index contributed by atoms with van der Waals surface area (Å²) < 4.78 is 13.5. The summed E-state index contributed by atoms with van der Waals surface area (Å²) in [6.07, 6.45) is 0.343. The summed E-state index contributed by atoms with van der Waals surface area (Å²) in [5.41, 5.74) is 11.2. The second-order valence-corrected chi connectivity index (χ2v) is 3.72. The molecule has 0 bridgehead atoms. The van der Waals surface area contributed by atoms with Gasteiger partial charge in [-0.1, -0.05) is 30.3 Å². The van der Waals surface area contributed by atoms with Gasteiger partial charge < -0.3 is 11.5 Å². The molecule has 0 atom stereocenters. The number of rotatable bonds is 3. The summed E-state index contributed by atoms with van der Waals surface area (Å²) in [6.45, 7) is 0. The molecular formula is C12H11FN4O. The van der Waals surface area contributed by atoms with Crippen molar-refractivity contribution in [1.82, 2.24) is 9.97 Å². The lowest BCUT2D eigenvalue weighted by atomic mass is 10.1. The fourth-order valence-electron chi connectivity index (χ4n) is 1.54. The van der Waals surface area contributed by atoms with Crippen LogP contribution in [0.5, 0.6) is 0 Å². The molecule has 2 rings (SSSR count). The monoisotopic (exact) mass is 246 g/mol. The first-order valence-corrected chi connectivity index (χ1v) is 5.23. The highest BCUT2D eigenvalue weighted by atomic mass is 19.1. The molecule has 1 aromatic heterocycles. The van der Waals surface area contributed by atoms with E-state index in [1.165, 1.54) is 0 Å². The predicted molar refractivity (Wildman–Crippen MR) is 64.2 cm³/mol. The average Bonchev–Trinajstić information content (AvgIpc) is 2.34. The fourth-order valence-corrected chi connectivity index (χ4v) is 1.54. The van der Waals surface area contributed by atoms with Gasteiger partial charge in [-0.15, -0.1) is 0 Å². The number of halogens is 1. The Morgan fingerprint density at radius 3 is 2.50 bits per heavy atom. The zero-order chi connectivity index (χ0) is 13.1. The molecule has 0 spiro atoms. The van der Waals surface area contributed by atoms with E-state index in [2.05, 4.69) is 9.97 Å². The number of amides is 1. The maximum absolute atomic E-state index is 13.5. The van der Waals surface area contributed by atoms with Gasteiger partial charge in [0.25, 0.3) is 5.91 Å². The largest absolute Gasteiger partial charge is 0.382 e. The molecule has 2 aromatic rings. The maximum Gasteiger partial charge on any atom is 0.272 e. The normalized spacial score (nSPS) is 10.3. The van der Waals surface area contributed by atoms with Crippen LogP contribution < -0.4 is 11.5 Å². The molecule has 1 heterocycles. The number of carbonyl (C=O) groups is 1. The fraction of sp³-hybridized carbons (Fsp3) is 0.0833. The Kier molecular flexibility index (Phi) is 3.18. The van der Waals surface area contributed by atoms with Crippen molar-refractivity contribution in [3.63, 3.8) is 0 Å². The van der Waals surface area contributed by atoms with Crippen LogP contribution in [0.3, 0.4) is 0 Å². The zero-order valence-corrected chi connectivity index (χ0v) is 9.43. The zero-order valence-electron chi connectivity index (χ0n) is 9.43. The van der Waals surface area contributed by atoms with Crippen LogP contribution in [0.4, 0.5) is 10.2 Å². The number of nitrogens with zero attached hydrogens (tertiary/aromatic N) is 2. The van der Waals surface area contributed by atoms with Crippen molar-refractivity contribution in [2.24, 2.45) is 5.73 Å². The first-order chi connectivity index (χ1) is 8.58. The molecule has 0 aliphatic heterocycles. The van der Waals surface area contributed by atoms with Crippen molar-refractivity contribution < 1.29 is 9.18 Å². The lowest BCUT2D eigenvalue weighted by Gasteiger charge is -2.06. The number of carbonyl (C=O) groups excluding carboxylic acids is 1. The Hall–Kier alpha value is -2.50. The SMILES string of the molecule is NC(=O)c1nc(N)c(Cc2ccccc2)nc1F. The van der Waals surface area contributed by atoms with Gasteiger partial charge in [-0.2, -0.15) is 4.39 Å². The van der Waals surface area contributed by atoms with Crippen molar-refractivity contribution in [2.45, 2.75) is 6.42 Å². The Labute approximate surface area is 103 Å². The number of aromatic nitrogens is 2. The molecule has 0 radical (unpaired) electrons. The molecule has 0 saturated carbocycles. The lowest BCUT2D eigenvalue weighted by molar-refractivity contribution is 0.0990. The summed E-state index contributed by atoms with van der Waals surface area (Å²) in [6, 6.07) is 9.30. The van der Waals surface area contributed by atoms with E-state index in [4.69, 9.17) is 11.5 Å². The summed E-state index contributed by atoms with van der Waals surface area (Å²) >= 11 is 0. The number of nitrogen functional groups attached to an aromatic ring is 1. The number of primary amides is 1. The maximum atomic E-state index is 13.5. The number of benzene rings is 1. The Balaban J connectivity index is 2.35. The molecule has 0 saturated heterocycles.